The van der Waals surface area contributed by atoms with Gasteiger partial charge in [-0.1, -0.05) is 152 Å². The van der Waals surface area contributed by atoms with Gasteiger partial charge >= 0.3 is 0 Å². The maximum atomic E-state index is 6.65. The molecule has 288 valence electrons. The van der Waals surface area contributed by atoms with Crippen LogP contribution >= 0.6 is 0 Å². The largest absolute Gasteiger partial charge is 0.456 e. The van der Waals surface area contributed by atoms with Crippen molar-refractivity contribution in [3.63, 3.8) is 0 Å². The molecule has 62 heavy (non-hydrogen) atoms. The topological polar surface area (TPSA) is 56.7 Å². The molecule has 10 aromatic carbocycles. The standard InChI is InChI=1S/C57H34N4O/c1-3-13-35(14-4-1)44-21-11-12-22-46(44)57-59-55(36-15-5-2-6-16-36)58-56(60-57)42-23-26-47-53(34-42)62-52-28-24-41-29-43(25-27-45(41)54(47)52)61-50-32-39-19-9-7-17-37(39)30-48(50)49-31-38-18-8-10-20-40(38)33-51(49)61/h1-34H. The zero-order valence-corrected chi connectivity index (χ0v) is 33.3. The number of aromatic nitrogens is 4. The molecule has 3 heterocycles. The lowest BCUT2D eigenvalue weighted by Crippen LogP contribution is -2.01. The van der Waals surface area contributed by atoms with E-state index >= 15 is 0 Å². The van der Waals surface area contributed by atoms with Crippen molar-refractivity contribution in [2.75, 3.05) is 0 Å². The van der Waals surface area contributed by atoms with Crippen molar-refractivity contribution in [3.05, 3.63) is 206 Å². The highest BCUT2D eigenvalue weighted by Gasteiger charge is 2.19. The Morgan fingerprint density at radius 3 is 1.55 bits per heavy atom. The minimum absolute atomic E-state index is 0.584. The van der Waals surface area contributed by atoms with Crippen LogP contribution in [0.25, 0.3) is 127 Å². The van der Waals surface area contributed by atoms with E-state index in [-0.39, 0.29) is 0 Å². The molecule has 3 aromatic heterocycles. The van der Waals surface area contributed by atoms with Crippen molar-refractivity contribution >= 4 is 76.1 Å². The molecule has 0 aliphatic carbocycles. The second kappa shape index (κ2) is 13.6. The van der Waals surface area contributed by atoms with Gasteiger partial charge in [-0.15, -0.1) is 0 Å². The molecule has 0 spiro atoms. The fourth-order valence-corrected chi connectivity index (χ4v) is 9.43. The number of rotatable bonds is 5. The molecule has 0 fully saturated rings. The van der Waals surface area contributed by atoms with E-state index in [0.29, 0.717) is 17.5 Å². The van der Waals surface area contributed by atoms with E-state index in [9.17, 15) is 0 Å². The van der Waals surface area contributed by atoms with Crippen LogP contribution in [0.3, 0.4) is 0 Å². The third kappa shape index (κ3) is 5.45. The lowest BCUT2D eigenvalue weighted by molar-refractivity contribution is 0.669. The van der Waals surface area contributed by atoms with Crippen LogP contribution in [0.15, 0.2) is 211 Å². The molecule has 5 nitrogen and oxygen atoms in total. The van der Waals surface area contributed by atoms with Gasteiger partial charge in [0.2, 0.25) is 0 Å². The summed E-state index contributed by atoms with van der Waals surface area (Å²) in [7, 11) is 0. The van der Waals surface area contributed by atoms with Crippen molar-refractivity contribution < 1.29 is 4.42 Å². The second-order valence-electron chi connectivity index (χ2n) is 16.0. The Bertz CT molecular complexity index is 3830. The van der Waals surface area contributed by atoms with Crippen molar-refractivity contribution in [1.82, 2.24) is 19.5 Å². The van der Waals surface area contributed by atoms with Gasteiger partial charge in [0, 0.05) is 43.9 Å². The summed E-state index contributed by atoms with van der Waals surface area (Å²) in [5, 5.41) is 11.8. The summed E-state index contributed by atoms with van der Waals surface area (Å²) in [6, 6.07) is 72.8. The third-order valence-corrected chi connectivity index (χ3v) is 12.4. The van der Waals surface area contributed by atoms with Gasteiger partial charge in [0.15, 0.2) is 17.5 Å². The predicted molar refractivity (Wildman–Crippen MR) is 256 cm³/mol. The monoisotopic (exact) mass is 790 g/mol. The number of fused-ring (bicyclic) bond motifs is 10. The van der Waals surface area contributed by atoms with Crippen LogP contribution < -0.4 is 0 Å². The summed E-state index contributed by atoms with van der Waals surface area (Å²) < 4.78 is 9.08. The highest BCUT2D eigenvalue weighted by molar-refractivity contribution is 6.20. The van der Waals surface area contributed by atoms with Crippen molar-refractivity contribution in [1.29, 1.82) is 0 Å². The Labute approximate surface area is 355 Å². The molecule has 0 bridgehead atoms. The van der Waals surface area contributed by atoms with Gasteiger partial charge in [-0.2, -0.15) is 0 Å². The molecule has 0 saturated carbocycles. The number of hydrogen-bond acceptors (Lipinski definition) is 4. The normalized spacial score (nSPS) is 11.9. The van der Waals surface area contributed by atoms with Gasteiger partial charge in [-0.3, -0.25) is 0 Å². The molecular formula is C57H34N4O. The fraction of sp³-hybridized carbons (Fsp3) is 0. The van der Waals surface area contributed by atoms with Gasteiger partial charge in [0.25, 0.3) is 0 Å². The SMILES string of the molecule is c1ccc(-c2nc(-c3ccc4c(c3)oc3ccc5cc(-n6c7cc8ccccc8cc7c7cc8ccccc8cc76)ccc5c34)nc(-c3ccccc3-c3ccccc3)n2)cc1. The van der Waals surface area contributed by atoms with E-state index in [0.717, 1.165) is 66.2 Å². The molecule has 0 aliphatic heterocycles. The van der Waals surface area contributed by atoms with Crippen LogP contribution in [0, 0.1) is 0 Å². The molecule has 0 N–H and O–H groups in total. The van der Waals surface area contributed by atoms with Crippen LogP contribution in [0.5, 0.6) is 0 Å². The van der Waals surface area contributed by atoms with E-state index in [4.69, 9.17) is 19.4 Å². The first-order valence-electron chi connectivity index (χ1n) is 20.9. The summed E-state index contributed by atoms with van der Waals surface area (Å²) in [5.41, 5.74) is 10.0. The summed E-state index contributed by atoms with van der Waals surface area (Å²) in [5.74, 6) is 1.81. The Morgan fingerprint density at radius 1 is 0.323 bits per heavy atom. The predicted octanol–water partition coefficient (Wildman–Crippen LogP) is 15.0. The van der Waals surface area contributed by atoms with E-state index in [1.165, 1.54) is 43.4 Å². The fourth-order valence-electron chi connectivity index (χ4n) is 9.43. The molecule has 0 unspecified atom stereocenters. The zero-order valence-electron chi connectivity index (χ0n) is 33.3. The molecule has 0 radical (unpaired) electrons. The van der Waals surface area contributed by atoms with Crippen molar-refractivity contribution in [2.24, 2.45) is 0 Å². The zero-order chi connectivity index (χ0) is 40.7. The molecule has 13 aromatic rings. The summed E-state index contributed by atoms with van der Waals surface area (Å²) in [4.78, 5) is 15.3. The quantitative estimate of drug-likeness (QED) is 0.174. The van der Waals surface area contributed by atoms with Gasteiger partial charge < -0.3 is 8.98 Å². The summed E-state index contributed by atoms with van der Waals surface area (Å²) in [6.45, 7) is 0. The number of hydrogen-bond donors (Lipinski definition) is 0. The molecule has 0 amide bonds. The Balaban J connectivity index is 0.964. The lowest BCUT2D eigenvalue weighted by Gasteiger charge is -2.12. The highest BCUT2D eigenvalue weighted by atomic mass is 16.3. The van der Waals surface area contributed by atoms with Gasteiger partial charge in [-0.25, -0.2) is 15.0 Å². The first kappa shape index (κ1) is 34.5. The molecule has 0 aliphatic rings. The minimum atomic E-state index is 0.584. The van der Waals surface area contributed by atoms with Gasteiger partial charge in [-0.05, 0) is 98.0 Å². The van der Waals surface area contributed by atoms with Crippen LogP contribution in [0.2, 0.25) is 0 Å². The van der Waals surface area contributed by atoms with Crippen molar-refractivity contribution in [3.8, 4) is 51.0 Å². The lowest BCUT2D eigenvalue weighted by atomic mass is 9.99. The van der Waals surface area contributed by atoms with E-state index in [2.05, 4.69) is 168 Å². The Hall–Kier alpha value is -8.41. The van der Waals surface area contributed by atoms with E-state index in [1.807, 2.05) is 42.5 Å². The van der Waals surface area contributed by atoms with Gasteiger partial charge in [0.05, 0.1) is 11.0 Å². The number of nitrogens with zero attached hydrogens (tertiary/aromatic N) is 4. The summed E-state index contributed by atoms with van der Waals surface area (Å²) in [6.07, 6.45) is 0. The van der Waals surface area contributed by atoms with Crippen LogP contribution in [-0.4, -0.2) is 19.5 Å². The molecule has 13 rings (SSSR count). The van der Waals surface area contributed by atoms with Crippen LogP contribution in [0.4, 0.5) is 0 Å². The average Bonchev–Trinajstić information content (AvgIpc) is 3.87. The Morgan fingerprint density at radius 2 is 0.871 bits per heavy atom. The van der Waals surface area contributed by atoms with Crippen LogP contribution in [0.1, 0.15) is 0 Å². The first-order valence-corrected chi connectivity index (χ1v) is 20.9. The maximum Gasteiger partial charge on any atom is 0.164 e. The number of furan rings is 1. The molecular weight excluding hydrogens is 757 g/mol. The van der Waals surface area contributed by atoms with E-state index < -0.39 is 0 Å². The van der Waals surface area contributed by atoms with Gasteiger partial charge in [0.1, 0.15) is 11.2 Å². The van der Waals surface area contributed by atoms with Crippen LogP contribution in [-0.2, 0) is 0 Å². The van der Waals surface area contributed by atoms with E-state index in [1.54, 1.807) is 0 Å². The minimum Gasteiger partial charge on any atom is -0.456 e. The highest BCUT2D eigenvalue weighted by Crippen LogP contribution is 2.41. The third-order valence-electron chi connectivity index (χ3n) is 12.4. The Kier molecular flexibility index (Phi) is 7.54. The van der Waals surface area contributed by atoms with Crippen molar-refractivity contribution in [2.45, 2.75) is 0 Å². The smallest absolute Gasteiger partial charge is 0.164 e. The second-order valence-corrected chi connectivity index (χ2v) is 16.0. The average molecular weight is 791 g/mol. The summed E-state index contributed by atoms with van der Waals surface area (Å²) >= 11 is 0. The number of benzene rings is 10. The first-order chi connectivity index (χ1) is 30.7. The molecule has 0 atom stereocenters. The molecule has 0 saturated heterocycles. The molecule has 5 heteroatoms. The maximum absolute atomic E-state index is 6.65.